The fourth-order valence-corrected chi connectivity index (χ4v) is 2.93. The second-order valence-corrected chi connectivity index (χ2v) is 5.78. The molecule has 0 bridgehead atoms. The van der Waals surface area contributed by atoms with Crippen LogP contribution in [0.3, 0.4) is 0 Å². The van der Waals surface area contributed by atoms with Crippen LogP contribution in [0.25, 0.3) is 11.0 Å². The van der Waals surface area contributed by atoms with Gasteiger partial charge in [0.05, 0.1) is 17.1 Å². The number of ether oxygens (including phenoxy) is 1. The van der Waals surface area contributed by atoms with Crippen LogP contribution < -0.4 is 5.32 Å². The van der Waals surface area contributed by atoms with Gasteiger partial charge >= 0.3 is 5.97 Å². The van der Waals surface area contributed by atoms with Gasteiger partial charge in [-0.2, -0.15) is 0 Å². The normalized spacial score (nSPS) is 22.2. The van der Waals surface area contributed by atoms with Crippen molar-refractivity contribution in [3.05, 3.63) is 30.1 Å². The Bertz CT molecular complexity index is 755. The molecule has 0 spiro atoms. The smallest absolute Gasteiger partial charge is 0.332 e. The van der Waals surface area contributed by atoms with Gasteiger partial charge < -0.3 is 19.7 Å². The van der Waals surface area contributed by atoms with Gasteiger partial charge in [0.25, 0.3) is 0 Å². The molecule has 0 aliphatic carbocycles. The maximum absolute atomic E-state index is 12.3. The highest BCUT2D eigenvalue weighted by atomic mass is 16.5. The fraction of sp³-hybridized carbons (Fsp3) is 0.438. The predicted octanol–water partition coefficient (Wildman–Crippen LogP) is 1.38. The second kappa shape index (κ2) is 6.00. The number of carboxylic acids is 1. The van der Waals surface area contributed by atoms with E-state index in [1.165, 1.54) is 0 Å². The average molecular weight is 317 g/mol. The minimum Gasteiger partial charge on any atom is -0.479 e. The van der Waals surface area contributed by atoms with Gasteiger partial charge in [-0.3, -0.25) is 4.79 Å². The minimum absolute atomic E-state index is 0.298. The highest BCUT2D eigenvalue weighted by molar-refractivity contribution is 5.83. The Morgan fingerprint density at radius 1 is 1.35 bits per heavy atom. The van der Waals surface area contributed by atoms with Gasteiger partial charge in [-0.15, -0.1) is 0 Å². The largest absolute Gasteiger partial charge is 0.479 e. The Kier molecular flexibility index (Phi) is 4.04. The number of hydrogen-bond donors (Lipinski definition) is 2. The van der Waals surface area contributed by atoms with Gasteiger partial charge in [-0.05, 0) is 31.9 Å². The zero-order valence-electron chi connectivity index (χ0n) is 13.0. The summed E-state index contributed by atoms with van der Waals surface area (Å²) in [5.41, 5.74) is 1.86. The molecule has 1 aromatic heterocycles. The van der Waals surface area contributed by atoms with Gasteiger partial charge in [0, 0.05) is 7.05 Å². The van der Waals surface area contributed by atoms with Gasteiger partial charge in [0.15, 0.2) is 6.10 Å². The first-order valence-electron chi connectivity index (χ1n) is 7.57. The summed E-state index contributed by atoms with van der Waals surface area (Å²) in [6.45, 7) is 1.85. The molecule has 2 N–H and O–H groups in total. The Hall–Kier alpha value is -2.41. The molecule has 1 aliphatic heterocycles. The lowest BCUT2D eigenvalue weighted by Gasteiger charge is -2.17. The molecular weight excluding hydrogens is 298 g/mol. The van der Waals surface area contributed by atoms with Gasteiger partial charge in [0.2, 0.25) is 5.91 Å². The first-order valence-corrected chi connectivity index (χ1v) is 7.57. The van der Waals surface area contributed by atoms with E-state index in [1.54, 1.807) is 0 Å². The number of aromatic nitrogens is 2. The number of aliphatic carboxylic acids is 1. The number of carbonyl (C=O) groups is 2. The molecular formula is C16H19N3O4. The maximum atomic E-state index is 12.3. The number of carboxylic acid groups (broad SMARTS) is 1. The Morgan fingerprint density at radius 2 is 2.04 bits per heavy atom. The third kappa shape index (κ3) is 2.92. The minimum atomic E-state index is -1.02. The zero-order chi connectivity index (χ0) is 16.6. The quantitative estimate of drug-likeness (QED) is 0.888. The van der Waals surface area contributed by atoms with Gasteiger partial charge in [-0.25, -0.2) is 9.78 Å². The number of para-hydroxylation sites is 2. The van der Waals surface area contributed by atoms with Crippen molar-refractivity contribution in [2.75, 3.05) is 0 Å². The number of hydrogen-bond acceptors (Lipinski definition) is 4. The highest BCUT2D eigenvalue weighted by Crippen LogP contribution is 2.22. The van der Waals surface area contributed by atoms with Crippen molar-refractivity contribution in [2.24, 2.45) is 7.05 Å². The fourth-order valence-electron chi connectivity index (χ4n) is 2.93. The number of fused-ring (bicyclic) bond motifs is 1. The summed E-state index contributed by atoms with van der Waals surface area (Å²) in [5.74, 6) is -0.579. The van der Waals surface area contributed by atoms with E-state index in [0.717, 1.165) is 16.9 Å². The summed E-state index contributed by atoms with van der Waals surface area (Å²) in [5, 5.41) is 11.8. The van der Waals surface area contributed by atoms with E-state index in [1.807, 2.05) is 42.8 Å². The van der Waals surface area contributed by atoms with E-state index < -0.39 is 18.2 Å². The van der Waals surface area contributed by atoms with Crippen molar-refractivity contribution in [1.82, 2.24) is 14.9 Å². The molecule has 2 heterocycles. The first kappa shape index (κ1) is 15.5. The topological polar surface area (TPSA) is 93.5 Å². The highest BCUT2D eigenvalue weighted by Gasteiger charge is 2.35. The first-order chi connectivity index (χ1) is 11.0. The predicted molar refractivity (Wildman–Crippen MR) is 82.8 cm³/mol. The average Bonchev–Trinajstić information content (AvgIpc) is 3.13. The number of amides is 1. The molecule has 3 rings (SSSR count). The van der Waals surface area contributed by atoms with Crippen molar-refractivity contribution in [1.29, 1.82) is 0 Å². The zero-order valence-corrected chi connectivity index (χ0v) is 13.0. The van der Waals surface area contributed by atoms with Crippen LogP contribution in [0.5, 0.6) is 0 Å². The summed E-state index contributed by atoms with van der Waals surface area (Å²) >= 11 is 0. The third-order valence-electron chi connectivity index (χ3n) is 4.16. The van der Waals surface area contributed by atoms with Crippen LogP contribution in [-0.2, 0) is 21.4 Å². The molecule has 3 atom stereocenters. The Labute approximate surface area is 133 Å². The van der Waals surface area contributed by atoms with Gasteiger partial charge in [0.1, 0.15) is 11.9 Å². The number of rotatable bonds is 4. The van der Waals surface area contributed by atoms with Crippen LogP contribution in [-0.4, -0.2) is 38.7 Å². The molecule has 1 aliphatic rings. The van der Waals surface area contributed by atoms with Crippen molar-refractivity contribution >= 4 is 22.9 Å². The molecule has 1 aromatic carbocycles. The summed E-state index contributed by atoms with van der Waals surface area (Å²) in [4.78, 5) is 27.7. The number of nitrogens with one attached hydrogen (secondary N) is 1. The maximum Gasteiger partial charge on any atom is 0.332 e. The Morgan fingerprint density at radius 3 is 2.70 bits per heavy atom. The SMILES string of the molecule is CC(NC(=O)[C@@H]1CC[C@H](C(=O)O)O1)c1nc2ccccc2n1C. The summed E-state index contributed by atoms with van der Waals surface area (Å²) < 4.78 is 7.21. The standard InChI is InChI=1S/C16H19N3O4/c1-9(14-18-10-5-3-4-6-11(10)19(14)2)17-15(20)12-7-8-13(23-12)16(21)22/h3-6,9,12-13H,7-8H2,1-2H3,(H,17,20)(H,21,22)/t9?,12-,13+/m0/s1. The Balaban J connectivity index is 1.71. The van der Waals surface area contributed by atoms with Crippen molar-refractivity contribution < 1.29 is 19.4 Å². The van der Waals surface area contributed by atoms with Crippen molar-refractivity contribution in [2.45, 2.75) is 38.0 Å². The molecule has 1 fully saturated rings. The molecule has 23 heavy (non-hydrogen) atoms. The molecule has 0 radical (unpaired) electrons. The number of nitrogens with zero attached hydrogens (tertiary/aromatic N) is 2. The molecule has 2 aromatic rings. The number of benzene rings is 1. The van der Waals surface area contributed by atoms with Crippen LogP contribution in [0.2, 0.25) is 0 Å². The lowest BCUT2D eigenvalue weighted by atomic mass is 10.2. The molecule has 7 nitrogen and oxygen atoms in total. The third-order valence-corrected chi connectivity index (χ3v) is 4.16. The van der Waals surface area contributed by atoms with E-state index in [4.69, 9.17) is 9.84 Å². The van der Waals surface area contributed by atoms with E-state index in [9.17, 15) is 9.59 Å². The second-order valence-electron chi connectivity index (χ2n) is 5.78. The van der Waals surface area contributed by atoms with E-state index in [2.05, 4.69) is 10.3 Å². The van der Waals surface area contributed by atoms with Crippen molar-refractivity contribution in [3.63, 3.8) is 0 Å². The van der Waals surface area contributed by atoms with E-state index in [-0.39, 0.29) is 11.9 Å². The van der Waals surface area contributed by atoms with Crippen molar-refractivity contribution in [3.8, 4) is 0 Å². The summed E-state index contributed by atoms with van der Waals surface area (Å²) in [7, 11) is 1.90. The molecule has 1 unspecified atom stereocenters. The summed E-state index contributed by atoms with van der Waals surface area (Å²) in [6.07, 6.45) is -0.836. The molecule has 7 heteroatoms. The van der Waals surface area contributed by atoms with Crippen LogP contribution >= 0.6 is 0 Å². The van der Waals surface area contributed by atoms with Crippen LogP contribution in [0.1, 0.15) is 31.6 Å². The molecule has 0 saturated carbocycles. The van der Waals surface area contributed by atoms with Gasteiger partial charge in [-0.1, -0.05) is 12.1 Å². The number of imidazole rings is 1. The number of carbonyl (C=O) groups excluding carboxylic acids is 1. The summed E-state index contributed by atoms with van der Waals surface area (Å²) in [6, 6.07) is 7.45. The van der Waals surface area contributed by atoms with Crippen LogP contribution in [0.4, 0.5) is 0 Å². The number of aryl methyl sites for hydroxylation is 1. The van der Waals surface area contributed by atoms with E-state index in [0.29, 0.717) is 12.8 Å². The van der Waals surface area contributed by atoms with Crippen LogP contribution in [0, 0.1) is 0 Å². The van der Waals surface area contributed by atoms with Crippen LogP contribution in [0.15, 0.2) is 24.3 Å². The molecule has 122 valence electrons. The monoisotopic (exact) mass is 317 g/mol. The lowest BCUT2D eigenvalue weighted by molar-refractivity contribution is -0.151. The molecule has 1 amide bonds. The molecule has 1 saturated heterocycles. The van der Waals surface area contributed by atoms with E-state index >= 15 is 0 Å². The lowest BCUT2D eigenvalue weighted by Crippen LogP contribution is -2.37.